The number of halogens is 3. The first kappa shape index (κ1) is 24.0. The topological polar surface area (TPSA) is 92.8 Å². The van der Waals surface area contributed by atoms with Crippen molar-refractivity contribution in [2.24, 2.45) is 0 Å². The largest absolute Gasteiger partial charge is 0.494 e. The molecule has 2 aliphatic rings. The van der Waals surface area contributed by atoms with Gasteiger partial charge in [0, 0.05) is 25.3 Å². The molecule has 188 valence electrons. The third-order valence-corrected chi connectivity index (χ3v) is 6.90. The van der Waals surface area contributed by atoms with E-state index < -0.39 is 18.1 Å². The molecule has 2 aromatic carbocycles. The lowest BCUT2D eigenvalue weighted by Gasteiger charge is -2.36. The number of rotatable bonds is 7. The Labute approximate surface area is 206 Å². The Morgan fingerprint density at radius 3 is 2.81 bits per heavy atom. The smallest absolute Gasteiger partial charge is 0.389 e. The highest BCUT2D eigenvalue weighted by molar-refractivity contribution is 5.98. The van der Waals surface area contributed by atoms with Crippen LogP contribution in [0.3, 0.4) is 0 Å². The molecule has 0 saturated heterocycles. The van der Waals surface area contributed by atoms with E-state index in [2.05, 4.69) is 32.0 Å². The van der Waals surface area contributed by atoms with Gasteiger partial charge >= 0.3 is 6.18 Å². The molecular formula is C26H26F3N5O2. The van der Waals surface area contributed by atoms with E-state index in [1.165, 1.54) is 0 Å². The molecule has 0 bridgehead atoms. The molecule has 1 aliphatic carbocycles. The number of alkyl halides is 3. The highest BCUT2D eigenvalue weighted by Crippen LogP contribution is 2.46. The highest BCUT2D eigenvalue weighted by Gasteiger charge is 2.42. The molecule has 1 aromatic heterocycles. The first-order valence-corrected chi connectivity index (χ1v) is 11.9. The van der Waals surface area contributed by atoms with Crippen molar-refractivity contribution in [1.82, 2.24) is 25.9 Å². The molecule has 1 amide bonds. The van der Waals surface area contributed by atoms with Crippen LogP contribution >= 0.6 is 0 Å². The Morgan fingerprint density at radius 1 is 1.17 bits per heavy atom. The molecule has 7 nitrogen and oxygen atoms in total. The van der Waals surface area contributed by atoms with E-state index in [-0.39, 0.29) is 18.9 Å². The second-order valence-corrected chi connectivity index (χ2v) is 9.45. The Balaban J connectivity index is 1.34. The van der Waals surface area contributed by atoms with Gasteiger partial charge in [-0.2, -0.15) is 18.4 Å². The van der Waals surface area contributed by atoms with Gasteiger partial charge in [-0.05, 0) is 71.7 Å². The summed E-state index contributed by atoms with van der Waals surface area (Å²) in [5.41, 5.74) is 5.65. The van der Waals surface area contributed by atoms with E-state index in [1.54, 1.807) is 12.1 Å². The van der Waals surface area contributed by atoms with Crippen LogP contribution in [0, 0.1) is 6.92 Å². The first-order chi connectivity index (χ1) is 17.2. The van der Waals surface area contributed by atoms with Crippen molar-refractivity contribution in [1.29, 1.82) is 0 Å². The standard InChI is InChI=1S/C26H26F3N5O2/c1-16-3-4-17(11-19(16)13-23-31-33-34-32-23)20-14-24(35)30-25(15-20)9-7-18-12-21(5-6-22(18)25)36-10-2-8-26(27,28)29/h3-6,11-12,14H,2,7-10,13,15H2,1H3,(H,30,35)(H,31,32,33,34)/t25-/m0/s1. The van der Waals surface area contributed by atoms with Gasteiger partial charge in [-0.25, -0.2) is 0 Å². The summed E-state index contributed by atoms with van der Waals surface area (Å²) >= 11 is 0. The van der Waals surface area contributed by atoms with E-state index in [9.17, 15) is 18.0 Å². The summed E-state index contributed by atoms with van der Waals surface area (Å²) in [7, 11) is 0. The van der Waals surface area contributed by atoms with Gasteiger partial charge in [0.15, 0.2) is 5.82 Å². The third-order valence-electron chi connectivity index (χ3n) is 6.90. The van der Waals surface area contributed by atoms with Crippen LogP contribution in [0.2, 0.25) is 0 Å². The summed E-state index contributed by atoms with van der Waals surface area (Å²) in [6, 6.07) is 11.7. The second-order valence-electron chi connectivity index (χ2n) is 9.45. The van der Waals surface area contributed by atoms with Crippen LogP contribution in [0.5, 0.6) is 5.75 Å². The molecule has 1 aliphatic heterocycles. The average molecular weight is 498 g/mol. The number of aromatic amines is 1. The van der Waals surface area contributed by atoms with Gasteiger partial charge in [-0.1, -0.05) is 29.5 Å². The molecule has 2 N–H and O–H groups in total. The van der Waals surface area contributed by atoms with E-state index in [0.717, 1.165) is 46.2 Å². The summed E-state index contributed by atoms with van der Waals surface area (Å²) in [5, 5.41) is 17.4. The maximum atomic E-state index is 12.8. The van der Waals surface area contributed by atoms with Gasteiger partial charge in [-0.15, -0.1) is 10.2 Å². The third kappa shape index (κ3) is 5.12. The van der Waals surface area contributed by atoms with Crippen LogP contribution in [0.4, 0.5) is 13.2 Å². The number of carbonyl (C=O) groups is 1. The molecule has 36 heavy (non-hydrogen) atoms. The average Bonchev–Trinajstić information content (AvgIpc) is 3.45. The maximum absolute atomic E-state index is 12.8. The number of fused-ring (bicyclic) bond motifs is 2. The van der Waals surface area contributed by atoms with Crippen molar-refractivity contribution in [2.45, 2.75) is 57.2 Å². The van der Waals surface area contributed by atoms with Gasteiger partial charge < -0.3 is 10.1 Å². The summed E-state index contributed by atoms with van der Waals surface area (Å²) < 4.78 is 42.7. The van der Waals surface area contributed by atoms with Crippen LogP contribution in [0.25, 0.3) is 5.57 Å². The molecule has 0 unspecified atom stereocenters. The molecule has 1 spiro atoms. The van der Waals surface area contributed by atoms with Gasteiger partial charge in [0.25, 0.3) is 0 Å². The Hall–Kier alpha value is -3.69. The van der Waals surface area contributed by atoms with Crippen LogP contribution in [-0.4, -0.2) is 39.3 Å². The molecular weight excluding hydrogens is 471 g/mol. The van der Waals surface area contributed by atoms with Crippen LogP contribution in [0.15, 0.2) is 42.5 Å². The number of nitrogens with one attached hydrogen (secondary N) is 2. The molecule has 3 aromatic rings. The molecule has 0 saturated carbocycles. The van der Waals surface area contributed by atoms with Crippen molar-refractivity contribution in [3.05, 3.63) is 76.1 Å². The molecule has 1 atom stereocenters. The number of hydrogen-bond acceptors (Lipinski definition) is 5. The molecule has 5 rings (SSSR count). The number of amides is 1. The van der Waals surface area contributed by atoms with Crippen LogP contribution in [0.1, 0.15) is 59.3 Å². The molecule has 2 heterocycles. The minimum Gasteiger partial charge on any atom is -0.494 e. The van der Waals surface area contributed by atoms with Crippen molar-refractivity contribution in [2.75, 3.05) is 6.61 Å². The van der Waals surface area contributed by atoms with Crippen LogP contribution in [-0.2, 0) is 23.2 Å². The fourth-order valence-electron chi connectivity index (χ4n) is 5.12. The predicted molar refractivity (Wildman–Crippen MR) is 126 cm³/mol. The summed E-state index contributed by atoms with van der Waals surface area (Å²) in [5.74, 6) is 1.01. The van der Waals surface area contributed by atoms with Crippen LogP contribution < -0.4 is 10.1 Å². The quantitative estimate of drug-likeness (QED) is 0.467. The number of ether oxygens (including phenoxy) is 1. The van der Waals surface area contributed by atoms with Crippen molar-refractivity contribution < 1.29 is 22.7 Å². The zero-order valence-corrected chi connectivity index (χ0v) is 19.8. The number of aromatic nitrogens is 4. The zero-order chi connectivity index (χ0) is 25.3. The molecule has 0 radical (unpaired) electrons. The lowest BCUT2D eigenvalue weighted by molar-refractivity contribution is -0.136. The van der Waals surface area contributed by atoms with Crippen molar-refractivity contribution in [3.63, 3.8) is 0 Å². The van der Waals surface area contributed by atoms with Gasteiger partial charge in [0.05, 0.1) is 12.1 Å². The van der Waals surface area contributed by atoms with E-state index in [0.29, 0.717) is 24.4 Å². The monoisotopic (exact) mass is 497 g/mol. The molecule has 0 fully saturated rings. The summed E-state index contributed by atoms with van der Waals surface area (Å²) in [4.78, 5) is 12.8. The van der Waals surface area contributed by atoms with Crippen molar-refractivity contribution >= 4 is 11.5 Å². The van der Waals surface area contributed by atoms with E-state index >= 15 is 0 Å². The normalized spacial score (nSPS) is 19.2. The van der Waals surface area contributed by atoms with Gasteiger partial charge in [0.1, 0.15) is 5.75 Å². The van der Waals surface area contributed by atoms with Gasteiger partial charge in [-0.3, -0.25) is 4.79 Å². The number of benzene rings is 2. The van der Waals surface area contributed by atoms with Crippen molar-refractivity contribution in [3.8, 4) is 5.75 Å². The number of hydrogen-bond donors (Lipinski definition) is 2. The summed E-state index contributed by atoms with van der Waals surface area (Å²) in [6.07, 6.45) is -0.798. The fourth-order valence-corrected chi connectivity index (χ4v) is 5.12. The number of tetrazole rings is 1. The Morgan fingerprint density at radius 2 is 2.03 bits per heavy atom. The second kappa shape index (κ2) is 9.40. The SMILES string of the molecule is Cc1ccc(C2=CC(=O)N[C@@]3(CCc4cc(OCCCC(F)(F)F)ccc43)C2)cc1Cc1nn[nH]n1. The number of carbonyl (C=O) groups excluding carboxylic acids is 1. The number of nitrogens with zero attached hydrogens (tertiary/aromatic N) is 3. The van der Waals surface area contributed by atoms with E-state index in [1.807, 2.05) is 31.2 Å². The lowest BCUT2D eigenvalue weighted by atomic mass is 9.80. The Bertz CT molecular complexity index is 1300. The predicted octanol–water partition coefficient (Wildman–Crippen LogP) is 4.57. The zero-order valence-electron chi connectivity index (χ0n) is 19.8. The minimum absolute atomic E-state index is 0.00662. The number of aryl methyl sites for hydroxylation is 2. The highest BCUT2D eigenvalue weighted by atomic mass is 19.4. The van der Waals surface area contributed by atoms with E-state index in [4.69, 9.17) is 4.74 Å². The Kier molecular flexibility index (Phi) is 6.27. The number of H-pyrrole nitrogens is 1. The minimum atomic E-state index is -4.18. The summed E-state index contributed by atoms with van der Waals surface area (Å²) in [6.45, 7) is 2.03. The van der Waals surface area contributed by atoms with Gasteiger partial charge in [0.2, 0.25) is 5.91 Å². The lowest BCUT2D eigenvalue weighted by Crippen LogP contribution is -2.46. The first-order valence-electron chi connectivity index (χ1n) is 11.9. The fraction of sp³-hybridized carbons (Fsp3) is 0.385. The maximum Gasteiger partial charge on any atom is 0.389 e. The molecule has 10 heteroatoms.